The first-order valence-electron chi connectivity index (χ1n) is 7.19. The highest BCUT2D eigenvalue weighted by Crippen LogP contribution is 2.21. The fraction of sp³-hybridized carbons (Fsp3) is 0.176. The van der Waals surface area contributed by atoms with Gasteiger partial charge in [0, 0.05) is 29.7 Å². The minimum Gasteiger partial charge on any atom is -0.326 e. The van der Waals surface area contributed by atoms with Crippen LogP contribution in [0.4, 0.5) is 20.2 Å². The van der Waals surface area contributed by atoms with Crippen molar-refractivity contribution in [1.82, 2.24) is 0 Å². The Morgan fingerprint density at radius 2 is 1.75 bits per heavy atom. The number of thioether (sulfide) groups is 1. The molecule has 0 aliphatic carbocycles. The van der Waals surface area contributed by atoms with Crippen molar-refractivity contribution in [3.63, 3.8) is 0 Å². The number of nitrogens with one attached hydrogen (secondary N) is 2. The quantitative estimate of drug-likeness (QED) is 0.773. The zero-order chi connectivity index (χ0) is 17.5. The molecule has 2 amide bonds. The van der Waals surface area contributed by atoms with Gasteiger partial charge in [-0.25, -0.2) is 8.78 Å². The maximum absolute atomic E-state index is 13.7. The summed E-state index contributed by atoms with van der Waals surface area (Å²) in [5.41, 5.74) is 0.415. The number of carbonyl (C=O) groups is 2. The van der Waals surface area contributed by atoms with Gasteiger partial charge in [-0.15, -0.1) is 11.8 Å². The van der Waals surface area contributed by atoms with Crippen LogP contribution < -0.4 is 10.6 Å². The Morgan fingerprint density at radius 3 is 2.42 bits per heavy atom. The van der Waals surface area contributed by atoms with E-state index < -0.39 is 5.82 Å². The zero-order valence-electron chi connectivity index (χ0n) is 12.9. The van der Waals surface area contributed by atoms with E-state index in [-0.39, 0.29) is 29.7 Å². The van der Waals surface area contributed by atoms with Gasteiger partial charge in [0.05, 0.1) is 5.69 Å². The van der Waals surface area contributed by atoms with E-state index in [2.05, 4.69) is 10.6 Å². The molecule has 0 atom stereocenters. The third-order valence-electron chi connectivity index (χ3n) is 2.97. The molecule has 126 valence electrons. The van der Waals surface area contributed by atoms with Crippen LogP contribution >= 0.6 is 11.8 Å². The van der Waals surface area contributed by atoms with Crippen LogP contribution in [0.15, 0.2) is 47.4 Å². The fourth-order valence-electron chi connectivity index (χ4n) is 1.91. The van der Waals surface area contributed by atoms with Gasteiger partial charge in [0.1, 0.15) is 11.6 Å². The van der Waals surface area contributed by atoms with Crippen LogP contribution in [0.3, 0.4) is 0 Å². The van der Waals surface area contributed by atoms with Crippen LogP contribution in [0.25, 0.3) is 0 Å². The van der Waals surface area contributed by atoms with Crippen LogP contribution in [0, 0.1) is 11.6 Å². The molecule has 0 radical (unpaired) electrons. The van der Waals surface area contributed by atoms with E-state index >= 15 is 0 Å². The van der Waals surface area contributed by atoms with Gasteiger partial charge in [-0.2, -0.15) is 0 Å². The molecule has 4 nitrogen and oxygen atoms in total. The summed E-state index contributed by atoms with van der Waals surface area (Å²) in [7, 11) is 0. The van der Waals surface area contributed by atoms with E-state index in [4.69, 9.17) is 0 Å². The van der Waals surface area contributed by atoms with E-state index in [0.717, 1.165) is 4.90 Å². The van der Waals surface area contributed by atoms with Gasteiger partial charge < -0.3 is 10.6 Å². The summed E-state index contributed by atoms with van der Waals surface area (Å²) in [5, 5.41) is 5.00. The molecule has 2 aromatic carbocycles. The largest absolute Gasteiger partial charge is 0.326 e. The molecule has 24 heavy (non-hydrogen) atoms. The van der Waals surface area contributed by atoms with Crippen molar-refractivity contribution in [3.05, 3.63) is 54.1 Å². The van der Waals surface area contributed by atoms with Crippen LogP contribution in [0.5, 0.6) is 0 Å². The van der Waals surface area contributed by atoms with Crippen molar-refractivity contribution in [2.24, 2.45) is 0 Å². The molecule has 2 aromatic rings. The molecule has 0 spiro atoms. The summed E-state index contributed by atoms with van der Waals surface area (Å²) >= 11 is 1.41. The smallest absolute Gasteiger partial charge is 0.225 e. The van der Waals surface area contributed by atoms with Gasteiger partial charge in [0.25, 0.3) is 0 Å². The number of halogens is 2. The van der Waals surface area contributed by atoms with Crippen molar-refractivity contribution < 1.29 is 18.4 Å². The molecule has 2 rings (SSSR count). The lowest BCUT2D eigenvalue weighted by Gasteiger charge is -2.09. The Bertz CT molecular complexity index is 736. The van der Waals surface area contributed by atoms with E-state index in [1.54, 1.807) is 12.1 Å². The summed E-state index contributed by atoms with van der Waals surface area (Å²) < 4.78 is 26.5. The van der Waals surface area contributed by atoms with Crippen molar-refractivity contribution in [3.8, 4) is 0 Å². The maximum Gasteiger partial charge on any atom is 0.225 e. The minimum absolute atomic E-state index is 0.0121. The van der Waals surface area contributed by atoms with Crippen molar-refractivity contribution in [2.45, 2.75) is 18.2 Å². The molecule has 0 fully saturated rings. The minimum atomic E-state index is -0.580. The maximum atomic E-state index is 13.7. The van der Waals surface area contributed by atoms with Crippen LogP contribution in [0.2, 0.25) is 0 Å². The Hall–Kier alpha value is -2.41. The number of amides is 2. The molecule has 0 aromatic heterocycles. The second-order valence-corrected chi connectivity index (χ2v) is 6.14. The van der Waals surface area contributed by atoms with E-state index in [1.807, 2.05) is 0 Å². The molecular formula is C17H16F2N2O2S. The van der Waals surface area contributed by atoms with Gasteiger partial charge in [0.15, 0.2) is 0 Å². The standard InChI is InChI=1S/C17H16F2N2O2S/c1-11(22)20-13-4-7-15(19)16(10-13)21-17(23)8-9-24-14-5-2-12(18)3-6-14/h2-7,10H,8-9H2,1H3,(H,20,22)(H,21,23). The normalized spacial score (nSPS) is 10.3. The van der Waals surface area contributed by atoms with Crippen molar-refractivity contribution >= 4 is 35.0 Å². The second-order valence-electron chi connectivity index (χ2n) is 4.98. The van der Waals surface area contributed by atoms with Gasteiger partial charge in [-0.3, -0.25) is 9.59 Å². The Labute approximate surface area is 142 Å². The lowest BCUT2D eigenvalue weighted by Crippen LogP contribution is -2.14. The Kier molecular flexibility index (Phi) is 6.31. The Morgan fingerprint density at radius 1 is 1.04 bits per heavy atom. The lowest BCUT2D eigenvalue weighted by molar-refractivity contribution is -0.116. The topological polar surface area (TPSA) is 58.2 Å². The summed E-state index contributed by atoms with van der Waals surface area (Å²) in [6.45, 7) is 1.34. The van der Waals surface area contributed by atoms with Crippen LogP contribution in [0.1, 0.15) is 13.3 Å². The van der Waals surface area contributed by atoms with E-state index in [9.17, 15) is 18.4 Å². The molecule has 0 heterocycles. The van der Waals surface area contributed by atoms with Gasteiger partial charge in [0.2, 0.25) is 11.8 Å². The van der Waals surface area contributed by atoms with Gasteiger partial charge >= 0.3 is 0 Å². The summed E-state index contributed by atoms with van der Waals surface area (Å²) in [6, 6.07) is 9.92. The molecule has 2 N–H and O–H groups in total. The molecule has 7 heteroatoms. The molecule has 0 saturated heterocycles. The van der Waals surface area contributed by atoms with Crippen LogP contribution in [-0.4, -0.2) is 17.6 Å². The number of anilines is 2. The average molecular weight is 350 g/mol. The lowest BCUT2D eigenvalue weighted by atomic mass is 10.2. The number of rotatable bonds is 6. The van der Waals surface area contributed by atoms with Gasteiger partial charge in [-0.05, 0) is 42.5 Å². The molecule has 0 saturated carbocycles. The third kappa shape index (κ3) is 5.66. The predicted octanol–water partition coefficient (Wildman–Crippen LogP) is 4.04. The molecular weight excluding hydrogens is 334 g/mol. The highest BCUT2D eigenvalue weighted by Gasteiger charge is 2.09. The zero-order valence-corrected chi connectivity index (χ0v) is 13.8. The van der Waals surface area contributed by atoms with Crippen molar-refractivity contribution in [1.29, 1.82) is 0 Å². The number of benzene rings is 2. The highest BCUT2D eigenvalue weighted by molar-refractivity contribution is 7.99. The highest BCUT2D eigenvalue weighted by atomic mass is 32.2. The Balaban J connectivity index is 1.87. The summed E-state index contributed by atoms with van der Waals surface area (Å²) in [5.74, 6) is -1.04. The predicted molar refractivity (Wildman–Crippen MR) is 91.1 cm³/mol. The molecule has 0 bridgehead atoms. The number of carbonyl (C=O) groups excluding carboxylic acids is 2. The SMILES string of the molecule is CC(=O)Nc1ccc(F)c(NC(=O)CCSc2ccc(F)cc2)c1. The summed E-state index contributed by atoms with van der Waals surface area (Å²) in [6.07, 6.45) is 0.172. The number of hydrogen-bond donors (Lipinski definition) is 2. The number of hydrogen-bond acceptors (Lipinski definition) is 3. The molecule has 0 unspecified atom stereocenters. The fourth-order valence-corrected chi connectivity index (χ4v) is 2.76. The average Bonchev–Trinajstić information content (AvgIpc) is 2.52. The third-order valence-corrected chi connectivity index (χ3v) is 3.99. The first-order valence-corrected chi connectivity index (χ1v) is 8.18. The monoisotopic (exact) mass is 350 g/mol. The van der Waals surface area contributed by atoms with E-state index in [1.165, 1.54) is 49.0 Å². The second kappa shape index (κ2) is 8.44. The first kappa shape index (κ1) is 17.9. The molecule has 0 aliphatic heterocycles. The molecule has 0 aliphatic rings. The van der Waals surface area contributed by atoms with Crippen molar-refractivity contribution in [2.75, 3.05) is 16.4 Å². The van der Waals surface area contributed by atoms with E-state index in [0.29, 0.717) is 11.4 Å². The van der Waals surface area contributed by atoms with Crippen LogP contribution in [-0.2, 0) is 9.59 Å². The first-order chi connectivity index (χ1) is 11.4. The van der Waals surface area contributed by atoms with Gasteiger partial charge in [-0.1, -0.05) is 0 Å². The summed E-state index contributed by atoms with van der Waals surface area (Å²) in [4.78, 5) is 23.8.